The largest absolute Gasteiger partial charge is 0.478 e. The fourth-order valence-electron chi connectivity index (χ4n) is 1.65. The molecule has 2 rings (SSSR count). The van der Waals surface area contributed by atoms with Gasteiger partial charge in [0.05, 0.1) is 11.4 Å². The van der Waals surface area contributed by atoms with E-state index in [4.69, 9.17) is 16.7 Å². The maximum absolute atomic E-state index is 11.1. The van der Waals surface area contributed by atoms with Crippen LogP contribution in [0.25, 0.3) is 0 Å². The number of nitrogens with one attached hydrogen (secondary N) is 1. The first-order valence-corrected chi connectivity index (χ1v) is 5.96. The molecule has 0 saturated heterocycles. The summed E-state index contributed by atoms with van der Waals surface area (Å²) in [7, 11) is 0. The monoisotopic (exact) mass is 277 g/mol. The van der Waals surface area contributed by atoms with E-state index < -0.39 is 5.97 Å². The van der Waals surface area contributed by atoms with Crippen molar-refractivity contribution < 1.29 is 9.90 Å². The third kappa shape index (κ3) is 3.00. The molecule has 98 valence electrons. The van der Waals surface area contributed by atoms with Gasteiger partial charge >= 0.3 is 5.97 Å². The molecule has 6 heteroatoms. The summed E-state index contributed by atoms with van der Waals surface area (Å²) in [6.07, 6.45) is 0. The summed E-state index contributed by atoms with van der Waals surface area (Å²) >= 11 is 5.79. The third-order valence-electron chi connectivity index (χ3n) is 2.57. The van der Waals surface area contributed by atoms with E-state index in [1.165, 1.54) is 12.1 Å². The zero-order valence-corrected chi connectivity index (χ0v) is 11.2. The lowest BCUT2D eigenvalue weighted by molar-refractivity contribution is 0.0697. The third-order valence-corrected chi connectivity index (χ3v) is 2.78. The van der Waals surface area contributed by atoms with Crippen LogP contribution in [0, 0.1) is 13.8 Å². The van der Waals surface area contributed by atoms with Gasteiger partial charge in [0.1, 0.15) is 16.5 Å². The van der Waals surface area contributed by atoms with E-state index >= 15 is 0 Å². The lowest BCUT2D eigenvalue weighted by Crippen LogP contribution is -2.06. The average Bonchev–Trinajstić information content (AvgIpc) is 2.32. The van der Waals surface area contributed by atoms with Crippen molar-refractivity contribution in [1.29, 1.82) is 0 Å². The zero-order valence-electron chi connectivity index (χ0n) is 10.4. The van der Waals surface area contributed by atoms with Crippen molar-refractivity contribution in [1.82, 2.24) is 9.97 Å². The van der Waals surface area contributed by atoms with Crippen LogP contribution in [0.4, 0.5) is 11.5 Å². The molecule has 0 amide bonds. The Hall–Kier alpha value is -2.14. The minimum absolute atomic E-state index is 0.0596. The van der Waals surface area contributed by atoms with E-state index in [0.717, 1.165) is 11.4 Å². The summed E-state index contributed by atoms with van der Waals surface area (Å²) in [5.41, 5.74) is 2.41. The Bertz CT molecular complexity index is 644. The first-order chi connectivity index (χ1) is 8.97. The number of aryl methyl sites for hydroxylation is 2. The van der Waals surface area contributed by atoms with Gasteiger partial charge in [0, 0.05) is 5.69 Å². The molecule has 2 aromatic heterocycles. The van der Waals surface area contributed by atoms with Gasteiger partial charge in [0.2, 0.25) is 0 Å². The van der Waals surface area contributed by atoms with Crippen LogP contribution < -0.4 is 5.32 Å². The van der Waals surface area contributed by atoms with Gasteiger partial charge in [0.25, 0.3) is 0 Å². The summed E-state index contributed by atoms with van der Waals surface area (Å²) in [6, 6.07) is 6.51. The smallest absolute Gasteiger partial charge is 0.339 e. The van der Waals surface area contributed by atoms with Crippen LogP contribution in [-0.2, 0) is 0 Å². The van der Waals surface area contributed by atoms with Gasteiger partial charge in [-0.15, -0.1) is 0 Å². The minimum Gasteiger partial charge on any atom is -0.478 e. The topological polar surface area (TPSA) is 75.1 Å². The fraction of sp³-hybridized carbons (Fsp3) is 0.154. The normalized spacial score (nSPS) is 10.3. The second-order valence-corrected chi connectivity index (χ2v) is 4.43. The highest BCUT2D eigenvalue weighted by Crippen LogP contribution is 2.23. The van der Waals surface area contributed by atoms with Crippen molar-refractivity contribution >= 4 is 29.1 Å². The molecule has 0 aliphatic rings. The van der Waals surface area contributed by atoms with Crippen molar-refractivity contribution in [3.05, 3.63) is 46.4 Å². The summed E-state index contributed by atoms with van der Waals surface area (Å²) in [6.45, 7) is 3.72. The number of pyridine rings is 2. The number of hydrogen-bond donors (Lipinski definition) is 2. The molecule has 5 nitrogen and oxygen atoms in total. The lowest BCUT2D eigenvalue weighted by Gasteiger charge is -2.11. The van der Waals surface area contributed by atoms with E-state index in [1.807, 2.05) is 26.0 Å². The fourth-order valence-corrected chi connectivity index (χ4v) is 1.80. The van der Waals surface area contributed by atoms with Crippen molar-refractivity contribution in [3.8, 4) is 0 Å². The van der Waals surface area contributed by atoms with Crippen molar-refractivity contribution in [2.75, 3.05) is 5.32 Å². The summed E-state index contributed by atoms with van der Waals surface area (Å²) in [5.74, 6) is -0.863. The van der Waals surface area contributed by atoms with Gasteiger partial charge < -0.3 is 10.4 Å². The standard InChI is InChI=1S/C13H12ClN3O2/c1-7-3-5-10(8(2)15-7)16-12-9(13(18)19)4-6-11(14)17-12/h3-6H,1-2H3,(H,16,17)(H,18,19). The van der Waals surface area contributed by atoms with E-state index in [-0.39, 0.29) is 16.5 Å². The molecule has 0 fully saturated rings. The maximum Gasteiger partial charge on any atom is 0.339 e. The van der Waals surface area contributed by atoms with Gasteiger partial charge in [0.15, 0.2) is 0 Å². The van der Waals surface area contributed by atoms with E-state index in [2.05, 4.69) is 15.3 Å². The van der Waals surface area contributed by atoms with E-state index in [0.29, 0.717) is 5.69 Å². The highest BCUT2D eigenvalue weighted by molar-refractivity contribution is 6.29. The van der Waals surface area contributed by atoms with Gasteiger partial charge in [-0.1, -0.05) is 11.6 Å². The molecule has 0 aliphatic heterocycles. The van der Waals surface area contributed by atoms with Crippen molar-refractivity contribution in [2.24, 2.45) is 0 Å². The van der Waals surface area contributed by atoms with Crippen LogP contribution in [0.15, 0.2) is 24.3 Å². The Morgan fingerprint density at radius 1 is 1.21 bits per heavy atom. The molecule has 2 N–H and O–H groups in total. The van der Waals surface area contributed by atoms with Crippen LogP contribution in [0.1, 0.15) is 21.7 Å². The molecule has 2 aromatic rings. The van der Waals surface area contributed by atoms with Crippen LogP contribution >= 0.6 is 11.6 Å². The molecule has 2 heterocycles. The van der Waals surface area contributed by atoms with Gasteiger partial charge in [-0.05, 0) is 38.1 Å². The SMILES string of the molecule is Cc1ccc(Nc2nc(Cl)ccc2C(=O)O)c(C)n1. The Morgan fingerprint density at radius 3 is 2.58 bits per heavy atom. The molecule has 0 saturated carbocycles. The zero-order chi connectivity index (χ0) is 14.0. The number of rotatable bonds is 3. The average molecular weight is 278 g/mol. The highest BCUT2D eigenvalue weighted by Gasteiger charge is 2.13. The second-order valence-electron chi connectivity index (χ2n) is 4.05. The Kier molecular flexibility index (Phi) is 3.66. The quantitative estimate of drug-likeness (QED) is 0.843. The van der Waals surface area contributed by atoms with E-state index in [1.54, 1.807) is 0 Å². The predicted molar refractivity (Wildman–Crippen MR) is 73.2 cm³/mol. The molecule has 0 atom stereocenters. The maximum atomic E-state index is 11.1. The molecule has 0 bridgehead atoms. The molecule has 19 heavy (non-hydrogen) atoms. The number of carbonyl (C=O) groups is 1. The predicted octanol–water partition coefficient (Wildman–Crippen LogP) is 3.19. The van der Waals surface area contributed by atoms with Gasteiger partial charge in [-0.2, -0.15) is 0 Å². The number of aromatic nitrogens is 2. The minimum atomic E-state index is -1.07. The Balaban J connectivity index is 2.42. The number of anilines is 2. The van der Waals surface area contributed by atoms with Gasteiger partial charge in [-0.25, -0.2) is 9.78 Å². The van der Waals surface area contributed by atoms with Crippen LogP contribution in [0.2, 0.25) is 5.15 Å². The van der Waals surface area contributed by atoms with Crippen molar-refractivity contribution in [2.45, 2.75) is 13.8 Å². The molecule has 0 spiro atoms. The first-order valence-electron chi connectivity index (χ1n) is 5.58. The number of nitrogens with zero attached hydrogens (tertiary/aromatic N) is 2. The van der Waals surface area contributed by atoms with Crippen molar-refractivity contribution in [3.63, 3.8) is 0 Å². The molecular formula is C13H12ClN3O2. The second kappa shape index (κ2) is 5.24. The molecule has 0 radical (unpaired) electrons. The number of hydrogen-bond acceptors (Lipinski definition) is 4. The summed E-state index contributed by atoms with van der Waals surface area (Å²) in [4.78, 5) is 19.4. The Labute approximate surface area is 115 Å². The number of halogens is 1. The summed E-state index contributed by atoms with van der Waals surface area (Å²) in [5, 5.41) is 12.3. The number of aromatic carboxylic acids is 1. The Morgan fingerprint density at radius 2 is 1.95 bits per heavy atom. The van der Waals surface area contributed by atoms with E-state index in [9.17, 15) is 4.79 Å². The first kappa shape index (κ1) is 13.3. The van der Waals surface area contributed by atoms with Crippen LogP contribution in [0.5, 0.6) is 0 Å². The molecule has 0 aliphatic carbocycles. The molecular weight excluding hydrogens is 266 g/mol. The van der Waals surface area contributed by atoms with Crippen LogP contribution in [-0.4, -0.2) is 21.0 Å². The molecule has 0 aromatic carbocycles. The number of carboxylic acid groups (broad SMARTS) is 1. The number of carboxylic acids is 1. The lowest BCUT2D eigenvalue weighted by atomic mass is 10.2. The van der Waals surface area contributed by atoms with Crippen LogP contribution in [0.3, 0.4) is 0 Å². The molecule has 0 unspecified atom stereocenters. The highest BCUT2D eigenvalue weighted by atomic mass is 35.5. The summed E-state index contributed by atoms with van der Waals surface area (Å²) < 4.78 is 0. The van der Waals surface area contributed by atoms with Gasteiger partial charge in [-0.3, -0.25) is 4.98 Å².